The Morgan fingerprint density at radius 1 is 1.25 bits per heavy atom. The first-order valence-electron chi connectivity index (χ1n) is 3.94. The minimum absolute atomic E-state index is 0.00120. The third kappa shape index (κ3) is 1.31. The fraction of sp³-hybridized carbons (Fsp3) is 0.222. The second-order valence-electron chi connectivity index (χ2n) is 2.79. The highest BCUT2D eigenvalue weighted by Gasteiger charge is 2.20. The van der Waals surface area contributed by atoms with Gasteiger partial charge in [-0.15, -0.1) is 0 Å². The van der Waals surface area contributed by atoms with E-state index in [4.69, 9.17) is 0 Å². The van der Waals surface area contributed by atoms with Gasteiger partial charge in [-0.05, 0) is 5.56 Å². The van der Waals surface area contributed by atoms with Gasteiger partial charge in [-0.25, -0.2) is 0 Å². The average Bonchev–Trinajstić information content (AvgIpc) is 2.54. The first-order valence-corrected chi connectivity index (χ1v) is 3.94. The van der Waals surface area contributed by atoms with Gasteiger partial charge < -0.3 is 5.32 Å². The molecular weight excluding hydrogens is 152 g/mol. The Morgan fingerprint density at radius 3 is 2.58 bits per heavy atom. The number of benzene rings is 1. The van der Waals surface area contributed by atoms with Gasteiger partial charge in [0.15, 0.2) is 0 Å². The molecule has 0 aromatic heterocycles. The molecule has 1 saturated heterocycles. The molecule has 0 aliphatic carbocycles. The first kappa shape index (κ1) is 7.31. The summed E-state index contributed by atoms with van der Waals surface area (Å²) in [4.78, 5) is 10.9. The quantitative estimate of drug-likeness (QED) is 0.627. The van der Waals surface area contributed by atoms with Crippen molar-refractivity contribution >= 4 is 5.91 Å². The van der Waals surface area contributed by atoms with Crippen molar-refractivity contribution in [2.24, 2.45) is 0 Å². The van der Waals surface area contributed by atoms with Crippen LogP contribution in [0, 0.1) is 0 Å². The normalized spacial score (nSPS) is 22.3. The van der Waals surface area contributed by atoms with Crippen molar-refractivity contribution in [2.45, 2.75) is 6.17 Å². The molecule has 1 aliphatic heterocycles. The number of amides is 1. The molecule has 1 fully saturated rings. The van der Waals surface area contributed by atoms with E-state index in [0.29, 0.717) is 6.54 Å². The first-order chi connectivity index (χ1) is 5.86. The van der Waals surface area contributed by atoms with E-state index in [2.05, 4.69) is 10.6 Å². The van der Waals surface area contributed by atoms with Gasteiger partial charge in [0.25, 0.3) is 0 Å². The van der Waals surface area contributed by atoms with Crippen LogP contribution in [0.4, 0.5) is 0 Å². The summed E-state index contributed by atoms with van der Waals surface area (Å²) in [6.45, 7) is 0.416. The SMILES string of the molecule is O=C1CNC(c2ccccc2)N1. The molecule has 3 heteroatoms. The maximum atomic E-state index is 10.9. The zero-order valence-corrected chi connectivity index (χ0v) is 6.58. The number of hydrogen-bond acceptors (Lipinski definition) is 2. The number of nitrogens with one attached hydrogen (secondary N) is 2. The van der Waals surface area contributed by atoms with E-state index >= 15 is 0 Å². The van der Waals surface area contributed by atoms with E-state index in [1.807, 2.05) is 30.3 Å². The van der Waals surface area contributed by atoms with Gasteiger partial charge in [0, 0.05) is 0 Å². The van der Waals surface area contributed by atoms with E-state index in [-0.39, 0.29) is 12.1 Å². The Bertz CT molecular complexity index is 284. The molecule has 0 radical (unpaired) electrons. The van der Waals surface area contributed by atoms with Crippen LogP contribution in [0.2, 0.25) is 0 Å². The Hall–Kier alpha value is -1.35. The number of hydrogen-bond donors (Lipinski definition) is 2. The molecule has 1 unspecified atom stereocenters. The van der Waals surface area contributed by atoms with Crippen molar-refractivity contribution in [2.75, 3.05) is 6.54 Å². The lowest BCUT2D eigenvalue weighted by molar-refractivity contribution is -0.118. The topological polar surface area (TPSA) is 41.1 Å². The average molecular weight is 162 g/mol. The Labute approximate surface area is 70.8 Å². The zero-order valence-electron chi connectivity index (χ0n) is 6.58. The van der Waals surface area contributed by atoms with Crippen LogP contribution < -0.4 is 10.6 Å². The summed E-state index contributed by atoms with van der Waals surface area (Å²) in [5.74, 6) is 0.0591. The minimum atomic E-state index is -0.00120. The Kier molecular flexibility index (Phi) is 1.80. The summed E-state index contributed by atoms with van der Waals surface area (Å²) >= 11 is 0. The van der Waals surface area contributed by atoms with E-state index in [1.165, 1.54) is 0 Å². The molecule has 62 valence electrons. The van der Waals surface area contributed by atoms with Gasteiger partial charge in [0.2, 0.25) is 5.91 Å². The van der Waals surface area contributed by atoms with Crippen LogP contribution in [0.1, 0.15) is 11.7 Å². The van der Waals surface area contributed by atoms with Crippen molar-refractivity contribution in [1.82, 2.24) is 10.6 Å². The van der Waals surface area contributed by atoms with E-state index in [9.17, 15) is 4.79 Å². The lowest BCUT2D eigenvalue weighted by Gasteiger charge is -2.09. The van der Waals surface area contributed by atoms with E-state index < -0.39 is 0 Å². The van der Waals surface area contributed by atoms with Crippen molar-refractivity contribution in [3.63, 3.8) is 0 Å². The second-order valence-corrected chi connectivity index (χ2v) is 2.79. The lowest BCUT2D eigenvalue weighted by atomic mass is 10.2. The highest BCUT2D eigenvalue weighted by Crippen LogP contribution is 2.11. The van der Waals surface area contributed by atoms with Crippen LogP contribution in [0.25, 0.3) is 0 Å². The fourth-order valence-electron chi connectivity index (χ4n) is 1.30. The molecule has 12 heavy (non-hydrogen) atoms. The highest BCUT2D eigenvalue weighted by atomic mass is 16.2. The molecule has 0 saturated carbocycles. The predicted molar refractivity (Wildman–Crippen MR) is 45.3 cm³/mol. The van der Waals surface area contributed by atoms with E-state index in [1.54, 1.807) is 0 Å². The summed E-state index contributed by atoms with van der Waals surface area (Å²) < 4.78 is 0. The zero-order chi connectivity index (χ0) is 8.39. The molecule has 2 rings (SSSR count). The molecule has 3 nitrogen and oxygen atoms in total. The van der Waals surface area contributed by atoms with E-state index in [0.717, 1.165) is 5.56 Å². The van der Waals surface area contributed by atoms with Crippen molar-refractivity contribution < 1.29 is 4.79 Å². The minimum Gasteiger partial charge on any atom is -0.336 e. The predicted octanol–water partition coefficient (Wildman–Crippen LogP) is 0.405. The lowest BCUT2D eigenvalue weighted by Crippen LogP contribution is -2.22. The second kappa shape index (κ2) is 2.95. The van der Waals surface area contributed by atoms with Crippen molar-refractivity contribution in [3.05, 3.63) is 35.9 Å². The van der Waals surface area contributed by atoms with Gasteiger partial charge in [-0.1, -0.05) is 30.3 Å². The molecule has 1 heterocycles. The molecule has 1 aromatic rings. The van der Waals surface area contributed by atoms with Crippen LogP contribution in [-0.2, 0) is 4.79 Å². The molecular formula is C9H10N2O. The van der Waals surface area contributed by atoms with Crippen LogP contribution in [0.5, 0.6) is 0 Å². The van der Waals surface area contributed by atoms with Crippen molar-refractivity contribution in [1.29, 1.82) is 0 Å². The van der Waals surface area contributed by atoms with Crippen molar-refractivity contribution in [3.8, 4) is 0 Å². The van der Waals surface area contributed by atoms with Gasteiger partial charge >= 0.3 is 0 Å². The maximum absolute atomic E-state index is 10.9. The summed E-state index contributed by atoms with van der Waals surface area (Å²) in [6.07, 6.45) is -0.00120. The summed E-state index contributed by atoms with van der Waals surface area (Å²) in [5, 5.41) is 5.88. The molecule has 1 aromatic carbocycles. The van der Waals surface area contributed by atoms with Crippen LogP contribution >= 0.6 is 0 Å². The Morgan fingerprint density at radius 2 is 2.00 bits per heavy atom. The molecule has 0 bridgehead atoms. The van der Waals surface area contributed by atoms with Crippen LogP contribution in [0.15, 0.2) is 30.3 Å². The van der Waals surface area contributed by atoms with Gasteiger partial charge in [-0.3, -0.25) is 10.1 Å². The highest BCUT2D eigenvalue weighted by molar-refractivity contribution is 5.80. The van der Waals surface area contributed by atoms with Crippen LogP contribution in [-0.4, -0.2) is 12.5 Å². The number of carbonyl (C=O) groups is 1. The molecule has 2 N–H and O–H groups in total. The standard InChI is InChI=1S/C9H10N2O/c12-8-6-10-9(11-8)7-4-2-1-3-5-7/h1-5,9-10H,6H2,(H,11,12). The Balaban J connectivity index is 2.16. The molecule has 1 amide bonds. The van der Waals surface area contributed by atoms with Gasteiger partial charge in [0.1, 0.15) is 6.17 Å². The molecule has 1 atom stereocenters. The number of rotatable bonds is 1. The molecule has 1 aliphatic rings. The monoisotopic (exact) mass is 162 g/mol. The number of carbonyl (C=O) groups excluding carboxylic acids is 1. The maximum Gasteiger partial charge on any atom is 0.235 e. The fourth-order valence-corrected chi connectivity index (χ4v) is 1.30. The van der Waals surface area contributed by atoms with Crippen LogP contribution in [0.3, 0.4) is 0 Å². The summed E-state index contributed by atoms with van der Waals surface area (Å²) in [5.41, 5.74) is 1.10. The third-order valence-electron chi connectivity index (χ3n) is 1.90. The molecule has 0 spiro atoms. The van der Waals surface area contributed by atoms with Gasteiger partial charge in [0.05, 0.1) is 6.54 Å². The summed E-state index contributed by atoms with van der Waals surface area (Å²) in [6, 6.07) is 9.86. The summed E-state index contributed by atoms with van der Waals surface area (Å²) in [7, 11) is 0. The largest absolute Gasteiger partial charge is 0.336 e. The van der Waals surface area contributed by atoms with Gasteiger partial charge in [-0.2, -0.15) is 0 Å². The third-order valence-corrected chi connectivity index (χ3v) is 1.90. The smallest absolute Gasteiger partial charge is 0.235 e.